The second-order valence-electron chi connectivity index (χ2n) is 14.8. The van der Waals surface area contributed by atoms with E-state index < -0.39 is 5.72 Å². The lowest BCUT2D eigenvalue weighted by Gasteiger charge is -2.51. The van der Waals surface area contributed by atoms with Crippen molar-refractivity contribution in [2.75, 3.05) is 43.1 Å². The van der Waals surface area contributed by atoms with Gasteiger partial charge in [0.1, 0.15) is 17.0 Å². The largest absolute Gasteiger partial charge is 0.392 e. The molecule has 2 aliphatic heterocycles. The Bertz CT molecular complexity index is 2260. The van der Waals surface area contributed by atoms with Crippen LogP contribution >= 0.6 is 0 Å². The van der Waals surface area contributed by atoms with Gasteiger partial charge in [-0.2, -0.15) is 0 Å². The Morgan fingerprint density at radius 3 is 2.57 bits per heavy atom. The number of anilines is 3. The van der Waals surface area contributed by atoms with Crippen LogP contribution < -0.4 is 21.3 Å². The maximum Gasteiger partial charge on any atom is 0.280 e. The fourth-order valence-corrected chi connectivity index (χ4v) is 7.87. The summed E-state index contributed by atoms with van der Waals surface area (Å²) in [5, 5.41) is 34.1. The topological polar surface area (TPSA) is 155 Å². The molecule has 14 heteroatoms. The minimum absolute atomic E-state index is 0.156. The van der Waals surface area contributed by atoms with Gasteiger partial charge in [-0.15, -0.1) is 10.2 Å². The van der Waals surface area contributed by atoms with Gasteiger partial charge in [0.15, 0.2) is 17.4 Å². The summed E-state index contributed by atoms with van der Waals surface area (Å²) in [5.41, 5.74) is 3.44. The first-order valence-corrected chi connectivity index (χ1v) is 17.5. The Hall–Kier alpha value is -4.89. The Morgan fingerprint density at radius 1 is 1.04 bits per heavy atom. The summed E-state index contributed by atoms with van der Waals surface area (Å²) < 4.78 is 10.3. The minimum atomic E-state index is -1.09. The zero-order valence-corrected chi connectivity index (χ0v) is 29.3. The number of aromatic nitrogens is 6. The molecule has 3 aliphatic rings. The Labute approximate surface area is 294 Å². The number of rotatable bonds is 8. The van der Waals surface area contributed by atoms with E-state index in [1.165, 1.54) is 14.7 Å². The summed E-state index contributed by atoms with van der Waals surface area (Å²) in [7, 11) is 1.65. The van der Waals surface area contributed by atoms with Crippen molar-refractivity contribution >= 4 is 22.8 Å². The molecule has 7 heterocycles. The van der Waals surface area contributed by atoms with E-state index >= 15 is 0 Å². The van der Waals surface area contributed by atoms with Gasteiger partial charge in [0.05, 0.1) is 25.9 Å². The fraction of sp³-hybridized carbons (Fsp3) is 0.432. The maximum absolute atomic E-state index is 13.8. The molecule has 5 aromatic heterocycles. The number of ether oxygens (including phenoxy) is 1. The summed E-state index contributed by atoms with van der Waals surface area (Å²) >= 11 is 0. The van der Waals surface area contributed by atoms with Gasteiger partial charge in [-0.3, -0.25) is 19.1 Å². The van der Waals surface area contributed by atoms with E-state index in [9.17, 15) is 19.8 Å². The molecule has 2 fully saturated rings. The number of nitrogens with zero attached hydrogens (tertiary/aromatic N) is 8. The monoisotopic (exact) mass is 693 g/mol. The molecule has 0 bridgehead atoms. The van der Waals surface area contributed by atoms with Gasteiger partial charge in [0, 0.05) is 68.3 Å². The smallest absolute Gasteiger partial charge is 0.280 e. The first kappa shape index (κ1) is 33.3. The molecule has 8 rings (SSSR count). The second kappa shape index (κ2) is 12.4. The van der Waals surface area contributed by atoms with Crippen molar-refractivity contribution in [1.29, 1.82) is 0 Å². The number of nitrogens with one attached hydrogen (secondary N) is 1. The molecule has 14 nitrogen and oxygen atoms in total. The van der Waals surface area contributed by atoms with Gasteiger partial charge >= 0.3 is 0 Å². The lowest BCUT2D eigenvalue weighted by molar-refractivity contribution is -0.107. The molecule has 5 aromatic rings. The van der Waals surface area contributed by atoms with Crippen molar-refractivity contribution in [2.45, 2.75) is 58.4 Å². The van der Waals surface area contributed by atoms with E-state index in [4.69, 9.17) is 4.74 Å². The lowest BCUT2D eigenvalue weighted by Crippen LogP contribution is -2.66. The molecular weight excluding hydrogens is 650 g/mol. The van der Waals surface area contributed by atoms with E-state index in [2.05, 4.69) is 39.2 Å². The van der Waals surface area contributed by atoms with Crippen LogP contribution in [0.2, 0.25) is 0 Å². The van der Waals surface area contributed by atoms with E-state index in [1.54, 1.807) is 49.9 Å². The molecule has 0 unspecified atom stereocenters. The van der Waals surface area contributed by atoms with Gasteiger partial charge in [-0.1, -0.05) is 20.8 Å². The first-order valence-electron chi connectivity index (χ1n) is 17.5. The van der Waals surface area contributed by atoms with Gasteiger partial charge in [-0.05, 0) is 66.1 Å². The van der Waals surface area contributed by atoms with Crippen LogP contribution in [0.25, 0.3) is 22.5 Å². The number of β-amino-alcohol motifs (C(OH)–C–C–N with tert-alkyl or cyclic N) is 1. The minimum Gasteiger partial charge on any atom is -0.392 e. The van der Waals surface area contributed by atoms with E-state index in [-0.39, 0.29) is 28.8 Å². The molecule has 1 atom stereocenters. The molecule has 0 aromatic carbocycles. The highest BCUT2D eigenvalue weighted by atomic mass is 16.5. The first-order chi connectivity index (χ1) is 24.5. The number of fused-ring (bicyclic) bond motifs is 3. The van der Waals surface area contributed by atoms with Crippen LogP contribution in [0.1, 0.15) is 44.0 Å². The summed E-state index contributed by atoms with van der Waals surface area (Å²) in [6, 6.07) is 9.29. The molecule has 2 saturated heterocycles. The van der Waals surface area contributed by atoms with Crippen LogP contribution in [0.3, 0.4) is 0 Å². The Kier molecular flexibility index (Phi) is 8.09. The summed E-state index contributed by atoms with van der Waals surface area (Å²) in [6.45, 7) is 9.29. The molecular formula is C37H43N9O5. The van der Waals surface area contributed by atoms with Gasteiger partial charge < -0.3 is 34.1 Å². The van der Waals surface area contributed by atoms with Crippen molar-refractivity contribution < 1.29 is 14.9 Å². The summed E-state index contributed by atoms with van der Waals surface area (Å²) in [6.07, 6.45) is 9.20. The van der Waals surface area contributed by atoms with Gasteiger partial charge in [0.2, 0.25) is 0 Å². The van der Waals surface area contributed by atoms with Crippen molar-refractivity contribution in [3.63, 3.8) is 0 Å². The highest BCUT2D eigenvalue weighted by Gasteiger charge is 2.43. The van der Waals surface area contributed by atoms with Crippen LogP contribution in [-0.4, -0.2) is 88.4 Å². The third-order valence-electron chi connectivity index (χ3n) is 10.7. The maximum atomic E-state index is 13.8. The van der Waals surface area contributed by atoms with Crippen molar-refractivity contribution in [3.05, 3.63) is 92.6 Å². The van der Waals surface area contributed by atoms with Gasteiger partial charge in [0.25, 0.3) is 11.1 Å². The Morgan fingerprint density at radius 2 is 1.86 bits per heavy atom. The van der Waals surface area contributed by atoms with Crippen LogP contribution in [-0.2, 0) is 31.2 Å². The highest BCUT2D eigenvalue weighted by molar-refractivity contribution is 5.73. The molecule has 0 spiro atoms. The lowest BCUT2D eigenvalue weighted by atomic mass is 9.90. The predicted octanol–water partition coefficient (Wildman–Crippen LogP) is 2.62. The van der Waals surface area contributed by atoms with E-state index in [0.29, 0.717) is 78.4 Å². The molecule has 51 heavy (non-hydrogen) atoms. The van der Waals surface area contributed by atoms with Crippen LogP contribution in [0.15, 0.2) is 64.7 Å². The summed E-state index contributed by atoms with van der Waals surface area (Å²) in [4.78, 5) is 35.8. The normalized spacial score (nSPS) is 20.5. The van der Waals surface area contributed by atoms with Crippen LogP contribution in [0.4, 0.5) is 17.3 Å². The van der Waals surface area contributed by atoms with Crippen LogP contribution in [0, 0.1) is 5.41 Å². The summed E-state index contributed by atoms with van der Waals surface area (Å²) in [5.74, 6) is 1.23. The SMILES string of the molecule is CC[C@]1(O)CN(C2COC2)CCN1c1ccc(Nc2cc(-c3ccnc(-n4ccn5c6c(cc5c4=O)CC(C)(C)C6)c3CO)cn(C)c2=O)nn1. The predicted molar refractivity (Wildman–Crippen MR) is 193 cm³/mol. The molecule has 266 valence electrons. The average molecular weight is 694 g/mol. The van der Waals surface area contributed by atoms with Crippen molar-refractivity contribution in [2.24, 2.45) is 12.5 Å². The Balaban J connectivity index is 1.08. The zero-order valence-electron chi connectivity index (χ0n) is 29.3. The second-order valence-corrected chi connectivity index (χ2v) is 14.8. The van der Waals surface area contributed by atoms with Crippen LogP contribution in [0.5, 0.6) is 0 Å². The number of aliphatic hydroxyl groups excluding tert-OH is 1. The number of hydrogen-bond donors (Lipinski definition) is 3. The molecule has 1 aliphatic carbocycles. The number of hydrogen-bond acceptors (Lipinski definition) is 11. The molecule has 3 N–H and O–H groups in total. The fourth-order valence-electron chi connectivity index (χ4n) is 7.87. The average Bonchev–Trinajstić information content (AvgIpc) is 3.58. The molecule has 0 radical (unpaired) electrons. The quantitative estimate of drug-likeness (QED) is 0.220. The highest BCUT2D eigenvalue weighted by Crippen LogP contribution is 2.38. The number of pyridine rings is 2. The van der Waals surface area contributed by atoms with Gasteiger partial charge in [-0.25, -0.2) is 4.98 Å². The van der Waals surface area contributed by atoms with E-state index in [1.807, 2.05) is 28.5 Å². The third kappa shape index (κ3) is 5.72. The zero-order chi connectivity index (χ0) is 35.7. The van der Waals surface area contributed by atoms with Crippen molar-refractivity contribution in [1.82, 2.24) is 33.6 Å². The number of aryl methyl sites for hydroxylation is 1. The molecule has 0 amide bonds. The molecule has 0 saturated carbocycles. The van der Waals surface area contributed by atoms with Crippen molar-refractivity contribution in [3.8, 4) is 16.9 Å². The van der Waals surface area contributed by atoms with E-state index in [0.717, 1.165) is 25.1 Å². The number of piperazine rings is 1. The standard InChI is InChI=1S/C37H43N9O5/c1-5-37(50)22-43(25-20-51-21-25)10-13-46(37)32-7-6-31(40-41-32)39-28-14-24(18-42(4)34(28)48)26-8-9-38-33(27(26)19-47)45-12-11-44-29(35(45)49)15-23-16-36(2,3)17-30(23)44/h6-9,11-12,14-15,18,25,47,50H,5,10,13,16-17,19-22H2,1-4H3,(H,39,40)/t37-/m0/s1. The number of aliphatic hydroxyl groups is 2. The third-order valence-corrected chi connectivity index (χ3v) is 10.7.